The molecule has 2 atom stereocenters. The first kappa shape index (κ1) is 13.8. The highest BCUT2D eigenvalue weighted by Crippen LogP contribution is 2.24. The Labute approximate surface area is 96.8 Å². The molecule has 1 rings (SSSR count). The third-order valence-corrected chi connectivity index (χ3v) is 2.53. The zero-order valence-corrected chi connectivity index (χ0v) is 9.98. The quantitative estimate of drug-likeness (QED) is 0.876. The molecule has 0 saturated heterocycles. The van der Waals surface area contributed by atoms with Gasteiger partial charge in [-0.15, -0.1) is 12.4 Å². The summed E-state index contributed by atoms with van der Waals surface area (Å²) in [5.41, 5.74) is 6.39. The summed E-state index contributed by atoms with van der Waals surface area (Å²) in [5, 5.41) is 9.23. The molecule has 0 heterocycles. The van der Waals surface area contributed by atoms with Gasteiger partial charge in [0.15, 0.2) is 0 Å². The molecule has 0 amide bonds. The number of benzene rings is 1. The molecule has 0 aromatic heterocycles. The van der Waals surface area contributed by atoms with Gasteiger partial charge in [-0.1, -0.05) is 22.0 Å². The highest BCUT2D eigenvalue weighted by molar-refractivity contribution is 9.10. The van der Waals surface area contributed by atoms with E-state index in [9.17, 15) is 9.50 Å². The molecule has 1 aromatic rings. The van der Waals surface area contributed by atoms with Crippen molar-refractivity contribution < 1.29 is 9.50 Å². The van der Waals surface area contributed by atoms with E-state index >= 15 is 0 Å². The lowest BCUT2D eigenvalue weighted by molar-refractivity contribution is 0.164. The van der Waals surface area contributed by atoms with Gasteiger partial charge in [-0.25, -0.2) is 4.39 Å². The summed E-state index contributed by atoms with van der Waals surface area (Å²) in [7, 11) is 0. The number of hydrogen-bond donors (Lipinski definition) is 2. The van der Waals surface area contributed by atoms with Gasteiger partial charge in [0.25, 0.3) is 0 Å². The van der Waals surface area contributed by atoms with Gasteiger partial charge in [0.1, 0.15) is 5.82 Å². The van der Waals surface area contributed by atoms with Crippen LogP contribution in [0.1, 0.15) is 18.5 Å². The Kier molecular flexibility index (Phi) is 5.59. The lowest BCUT2D eigenvalue weighted by Gasteiger charge is -2.16. The number of aliphatic hydroxyl groups is 1. The molecule has 14 heavy (non-hydrogen) atoms. The maximum Gasteiger partial charge on any atom is 0.124 e. The van der Waals surface area contributed by atoms with E-state index in [4.69, 9.17) is 5.73 Å². The van der Waals surface area contributed by atoms with Crippen molar-refractivity contribution in [2.45, 2.75) is 19.1 Å². The van der Waals surface area contributed by atoms with Crippen LogP contribution in [0.5, 0.6) is 0 Å². The van der Waals surface area contributed by atoms with Gasteiger partial charge >= 0.3 is 0 Å². The normalized spacial score (nSPS) is 14.4. The van der Waals surface area contributed by atoms with Crippen molar-refractivity contribution in [2.24, 2.45) is 5.73 Å². The molecule has 1 aromatic carbocycles. The largest absolute Gasteiger partial charge is 0.391 e. The fourth-order valence-corrected chi connectivity index (χ4v) is 1.65. The molecule has 3 N–H and O–H groups in total. The predicted molar refractivity (Wildman–Crippen MR) is 60.0 cm³/mol. The minimum Gasteiger partial charge on any atom is -0.391 e. The Morgan fingerprint density at radius 1 is 1.50 bits per heavy atom. The van der Waals surface area contributed by atoms with E-state index < -0.39 is 12.1 Å². The number of nitrogens with two attached hydrogens (primary N) is 1. The zero-order chi connectivity index (χ0) is 10.0. The Hall–Kier alpha value is -0.160. The second-order valence-corrected chi connectivity index (χ2v) is 3.79. The van der Waals surface area contributed by atoms with E-state index in [1.807, 2.05) is 0 Å². The molecular weight excluding hydrogens is 272 g/mol. The van der Waals surface area contributed by atoms with E-state index in [0.717, 1.165) is 0 Å². The number of rotatable bonds is 2. The van der Waals surface area contributed by atoms with Crippen LogP contribution in [-0.4, -0.2) is 11.2 Å². The summed E-state index contributed by atoms with van der Waals surface area (Å²) in [6.45, 7) is 1.60. The molecule has 0 aliphatic carbocycles. The summed E-state index contributed by atoms with van der Waals surface area (Å²) in [6.07, 6.45) is -0.651. The Balaban J connectivity index is 0.00000169. The molecule has 0 fully saturated rings. The van der Waals surface area contributed by atoms with Crippen molar-refractivity contribution in [3.63, 3.8) is 0 Å². The van der Waals surface area contributed by atoms with Crippen LogP contribution < -0.4 is 5.73 Å². The van der Waals surface area contributed by atoms with Crippen LogP contribution in [0, 0.1) is 5.82 Å². The van der Waals surface area contributed by atoms with Crippen LogP contribution in [0.25, 0.3) is 0 Å². The maximum atomic E-state index is 12.7. The topological polar surface area (TPSA) is 46.2 Å². The average molecular weight is 285 g/mol. The van der Waals surface area contributed by atoms with Crippen LogP contribution in [0.4, 0.5) is 4.39 Å². The van der Waals surface area contributed by atoms with Crippen LogP contribution in [-0.2, 0) is 0 Å². The SMILES string of the molecule is C[C@@H](O)[C@@H](N)c1ccc(F)cc1Br.Cl. The van der Waals surface area contributed by atoms with Crippen molar-refractivity contribution in [1.82, 2.24) is 0 Å². The number of aliphatic hydroxyl groups excluding tert-OH is 1. The first-order chi connectivity index (χ1) is 6.02. The minimum absolute atomic E-state index is 0. The van der Waals surface area contributed by atoms with Gasteiger partial charge < -0.3 is 10.8 Å². The summed E-state index contributed by atoms with van der Waals surface area (Å²) >= 11 is 3.18. The smallest absolute Gasteiger partial charge is 0.124 e. The van der Waals surface area contributed by atoms with Crippen molar-refractivity contribution >= 4 is 28.3 Å². The van der Waals surface area contributed by atoms with Gasteiger partial charge in [0.05, 0.1) is 12.1 Å². The van der Waals surface area contributed by atoms with Gasteiger partial charge in [0, 0.05) is 4.47 Å². The van der Waals surface area contributed by atoms with Crippen LogP contribution in [0.15, 0.2) is 22.7 Å². The molecule has 0 saturated carbocycles. The molecule has 0 aliphatic rings. The third kappa shape index (κ3) is 3.20. The van der Waals surface area contributed by atoms with Crippen molar-refractivity contribution in [3.05, 3.63) is 34.1 Å². The highest BCUT2D eigenvalue weighted by atomic mass is 79.9. The molecule has 5 heteroatoms. The number of halogens is 3. The van der Waals surface area contributed by atoms with Crippen LogP contribution >= 0.6 is 28.3 Å². The monoisotopic (exact) mass is 283 g/mol. The molecule has 0 unspecified atom stereocenters. The Bertz CT molecular complexity index is 309. The van der Waals surface area contributed by atoms with Gasteiger partial charge in [-0.05, 0) is 24.6 Å². The number of hydrogen-bond acceptors (Lipinski definition) is 2. The third-order valence-electron chi connectivity index (χ3n) is 1.84. The minimum atomic E-state index is -0.651. The Morgan fingerprint density at radius 3 is 2.50 bits per heavy atom. The fraction of sp³-hybridized carbons (Fsp3) is 0.333. The van der Waals surface area contributed by atoms with Gasteiger partial charge in [-0.3, -0.25) is 0 Å². The first-order valence-corrected chi connectivity index (χ1v) is 4.70. The second-order valence-electron chi connectivity index (χ2n) is 2.93. The van der Waals surface area contributed by atoms with Crippen molar-refractivity contribution in [3.8, 4) is 0 Å². The molecule has 0 bridgehead atoms. The molecule has 2 nitrogen and oxygen atoms in total. The fourth-order valence-electron chi connectivity index (χ4n) is 1.03. The summed E-state index contributed by atoms with van der Waals surface area (Å²) in [5.74, 6) is -0.326. The standard InChI is InChI=1S/C9H11BrFNO.ClH/c1-5(13)9(12)7-3-2-6(11)4-8(7)10;/h2-5,9,13H,12H2,1H3;1H/t5-,9-;/m1./s1. The molecule has 80 valence electrons. The van der Waals surface area contributed by atoms with E-state index in [-0.39, 0.29) is 18.2 Å². The first-order valence-electron chi connectivity index (χ1n) is 3.91. The molecule has 0 spiro atoms. The average Bonchev–Trinajstić information content (AvgIpc) is 2.03. The lowest BCUT2D eigenvalue weighted by Crippen LogP contribution is -2.23. The van der Waals surface area contributed by atoms with E-state index in [0.29, 0.717) is 10.0 Å². The van der Waals surface area contributed by atoms with Gasteiger partial charge in [-0.2, -0.15) is 0 Å². The maximum absolute atomic E-state index is 12.7. The second kappa shape index (κ2) is 5.66. The van der Waals surface area contributed by atoms with Crippen molar-refractivity contribution in [1.29, 1.82) is 0 Å². The predicted octanol–water partition coefficient (Wildman–Crippen LogP) is 2.39. The molecular formula is C9H12BrClFNO. The molecule has 0 aliphatic heterocycles. The lowest BCUT2D eigenvalue weighted by atomic mass is 10.0. The summed E-state index contributed by atoms with van der Waals surface area (Å²) < 4.78 is 13.3. The highest BCUT2D eigenvalue weighted by Gasteiger charge is 2.14. The zero-order valence-electron chi connectivity index (χ0n) is 7.58. The van der Waals surface area contributed by atoms with E-state index in [1.165, 1.54) is 12.1 Å². The van der Waals surface area contributed by atoms with E-state index in [1.54, 1.807) is 13.0 Å². The van der Waals surface area contributed by atoms with Crippen molar-refractivity contribution in [2.75, 3.05) is 0 Å². The van der Waals surface area contributed by atoms with Crippen LogP contribution in [0.2, 0.25) is 0 Å². The molecule has 0 radical (unpaired) electrons. The van der Waals surface area contributed by atoms with Crippen LogP contribution in [0.3, 0.4) is 0 Å². The van der Waals surface area contributed by atoms with Gasteiger partial charge in [0.2, 0.25) is 0 Å². The Morgan fingerprint density at radius 2 is 2.07 bits per heavy atom. The summed E-state index contributed by atoms with van der Waals surface area (Å²) in [4.78, 5) is 0. The van der Waals surface area contributed by atoms with E-state index in [2.05, 4.69) is 15.9 Å². The summed E-state index contributed by atoms with van der Waals surface area (Å²) in [6, 6.07) is 3.73.